The Morgan fingerprint density at radius 3 is 3.17 bits per heavy atom. The van der Waals surface area contributed by atoms with Crippen molar-refractivity contribution in [3.8, 4) is 0 Å². The maximum Gasteiger partial charge on any atom is 0.174 e. The Balaban J connectivity index is 2.62. The number of hydrogen-bond donors (Lipinski definition) is 1. The lowest BCUT2D eigenvalue weighted by Crippen LogP contribution is -2.20. The minimum Gasteiger partial charge on any atom is -0.387 e. The number of amidine groups is 1. The number of fused-ring (bicyclic) bond motifs is 1. The fourth-order valence-electron chi connectivity index (χ4n) is 1.14. The number of pyridine rings is 1. The van der Waals surface area contributed by atoms with E-state index in [1.54, 1.807) is 18.3 Å². The van der Waals surface area contributed by atoms with E-state index in [1.807, 2.05) is 0 Å². The molecule has 4 nitrogen and oxygen atoms in total. The van der Waals surface area contributed by atoms with Gasteiger partial charge in [0.05, 0.1) is 12.0 Å². The molecule has 0 radical (unpaired) electrons. The Kier molecular flexibility index (Phi) is 1.40. The van der Waals surface area contributed by atoms with Gasteiger partial charge in [0.25, 0.3) is 0 Å². The lowest BCUT2D eigenvalue weighted by Gasteiger charge is -2.09. The second-order valence-electron chi connectivity index (χ2n) is 2.58. The van der Waals surface area contributed by atoms with E-state index in [4.69, 9.17) is 5.73 Å². The second kappa shape index (κ2) is 2.41. The van der Waals surface area contributed by atoms with Crippen molar-refractivity contribution in [1.82, 2.24) is 4.98 Å². The van der Waals surface area contributed by atoms with Gasteiger partial charge in [-0.25, -0.2) is 9.98 Å². The van der Waals surface area contributed by atoms with Gasteiger partial charge < -0.3 is 5.73 Å². The van der Waals surface area contributed by atoms with Crippen LogP contribution in [0.4, 0.5) is 5.82 Å². The van der Waals surface area contributed by atoms with Crippen molar-refractivity contribution in [1.29, 1.82) is 0 Å². The molecule has 12 heavy (non-hydrogen) atoms. The smallest absolute Gasteiger partial charge is 0.174 e. The van der Waals surface area contributed by atoms with Gasteiger partial charge in [-0.15, -0.1) is 0 Å². The van der Waals surface area contributed by atoms with Crippen molar-refractivity contribution >= 4 is 17.4 Å². The standard InChI is InChI=1S/C8H7N3O/c9-7-4-6(12)5-2-1-3-10-8(5)11-7/h1-3H,4H2,(H2,9,10,11). The maximum absolute atomic E-state index is 11.3. The molecule has 4 heteroatoms. The molecule has 0 spiro atoms. The van der Waals surface area contributed by atoms with Crippen molar-refractivity contribution in [2.75, 3.05) is 0 Å². The SMILES string of the molecule is NC1=Nc2ncccc2C(=O)C1. The number of carbonyl (C=O) groups excluding carboxylic acids is 1. The van der Waals surface area contributed by atoms with E-state index in [0.29, 0.717) is 17.2 Å². The van der Waals surface area contributed by atoms with E-state index < -0.39 is 0 Å². The topological polar surface area (TPSA) is 68.3 Å². The summed E-state index contributed by atoms with van der Waals surface area (Å²) in [5.41, 5.74) is 5.99. The van der Waals surface area contributed by atoms with E-state index in [9.17, 15) is 4.79 Å². The average Bonchev–Trinajstić information content (AvgIpc) is 2.04. The summed E-state index contributed by atoms with van der Waals surface area (Å²) >= 11 is 0. The number of aliphatic imine (C=N–C) groups is 1. The molecular weight excluding hydrogens is 154 g/mol. The Bertz CT molecular complexity index is 370. The molecule has 0 saturated heterocycles. The van der Waals surface area contributed by atoms with Crippen LogP contribution in [-0.4, -0.2) is 16.6 Å². The third-order valence-corrected chi connectivity index (χ3v) is 1.68. The first kappa shape index (κ1) is 6.97. The van der Waals surface area contributed by atoms with Crippen LogP contribution in [0.5, 0.6) is 0 Å². The van der Waals surface area contributed by atoms with Gasteiger partial charge in [-0.1, -0.05) is 0 Å². The molecule has 0 aromatic carbocycles. The number of carbonyl (C=O) groups is 1. The Labute approximate surface area is 69.1 Å². The fourth-order valence-corrected chi connectivity index (χ4v) is 1.14. The van der Waals surface area contributed by atoms with E-state index in [0.717, 1.165) is 0 Å². The highest BCUT2D eigenvalue weighted by atomic mass is 16.1. The zero-order chi connectivity index (χ0) is 8.55. The molecule has 0 unspecified atom stereocenters. The quantitative estimate of drug-likeness (QED) is 0.607. The number of hydrogen-bond acceptors (Lipinski definition) is 4. The predicted octanol–water partition coefficient (Wildman–Crippen LogP) is 0.657. The van der Waals surface area contributed by atoms with E-state index in [-0.39, 0.29) is 12.2 Å². The number of Topliss-reactive ketones (excluding diaryl/α,β-unsaturated/α-hetero) is 1. The van der Waals surface area contributed by atoms with Crippen molar-refractivity contribution in [2.24, 2.45) is 10.7 Å². The molecule has 0 fully saturated rings. The Morgan fingerprint density at radius 1 is 1.50 bits per heavy atom. The van der Waals surface area contributed by atoms with Crippen LogP contribution in [0.2, 0.25) is 0 Å². The van der Waals surface area contributed by atoms with Crippen molar-refractivity contribution in [3.05, 3.63) is 23.9 Å². The van der Waals surface area contributed by atoms with Crippen molar-refractivity contribution < 1.29 is 4.79 Å². The van der Waals surface area contributed by atoms with E-state index in [2.05, 4.69) is 9.98 Å². The van der Waals surface area contributed by atoms with Crippen LogP contribution in [-0.2, 0) is 0 Å². The summed E-state index contributed by atoms with van der Waals surface area (Å²) in [5, 5.41) is 0. The molecule has 0 atom stereocenters. The largest absolute Gasteiger partial charge is 0.387 e. The van der Waals surface area contributed by atoms with E-state index >= 15 is 0 Å². The van der Waals surface area contributed by atoms with Crippen molar-refractivity contribution in [2.45, 2.75) is 6.42 Å². The number of aromatic nitrogens is 1. The molecule has 0 saturated carbocycles. The third-order valence-electron chi connectivity index (χ3n) is 1.68. The maximum atomic E-state index is 11.3. The van der Waals surface area contributed by atoms with Crippen LogP contribution in [0.1, 0.15) is 16.8 Å². The summed E-state index contributed by atoms with van der Waals surface area (Å²) in [6.07, 6.45) is 1.80. The molecular formula is C8H7N3O. The molecule has 1 aliphatic rings. The summed E-state index contributed by atoms with van der Waals surface area (Å²) in [6.45, 7) is 0. The van der Waals surface area contributed by atoms with Crippen LogP contribution < -0.4 is 5.73 Å². The first-order valence-corrected chi connectivity index (χ1v) is 3.58. The van der Waals surface area contributed by atoms with Gasteiger partial charge in [0, 0.05) is 6.20 Å². The predicted molar refractivity (Wildman–Crippen MR) is 44.5 cm³/mol. The first-order valence-electron chi connectivity index (χ1n) is 3.58. The minimum absolute atomic E-state index is 0.00870. The Morgan fingerprint density at radius 2 is 2.33 bits per heavy atom. The number of nitrogens with zero attached hydrogens (tertiary/aromatic N) is 2. The molecule has 60 valence electrons. The van der Waals surface area contributed by atoms with Gasteiger partial charge in [-0.05, 0) is 12.1 Å². The van der Waals surface area contributed by atoms with Gasteiger partial charge in [-0.3, -0.25) is 4.79 Å². The summed E-state index contributed by atoms with van der Waals surface area (Å²) in [4.78, 5) is 19.2. The van der Waals surface area contributed by atoms with Gasteiger partial charge >= 0.3 is 0 Å². The highest BCUT2D eigenvalue weighted by Gasteiger charge is 2.17. The molecule has 2 heterocycles. The highest BCUT2D eigenvalue weighted by molar-refractivity contribution is 6.14. The number of nitrogens with two attached hydrogens (primary N) is 1. The van der Waals surface area contributed by atoms with Gasteiger partial charge in [-0.2, -0.15) is 0 Å². The summed E-state index contributed by atoms with van der Waals surface area (Å²) < 4.78 is 0. The molecule has 2 N–H and O–H groups in total. The average molecular weight is 161 g/mol. The van der Waals surface area contributed by atoms with Gasteiger partial charge in [0.1, 0.15) is 5.84 Å². The minimum atomic E-state index is -0.00870. The number of ketones is 1. The third kappa shape index (κ3) is 0.972. The molecule has 0 aliphatic carbocycles. The zero-order valence-corrected chi connectivity index (χ0v) is 6.32. The van der Waals surface area contributed by atoms with Crippen LogP contribution in [0.15, 0.2) is 23.3 Å². The summed E-state index contributed by atoms with van der Waals surface area (Å²) in [5.74, 6) is 0.767. The van der Waals surface area contributed by atoms with Crippen LogP contribution >= 0.6 is 0 Å². The lowest BCUT2D eigenvalue weighted by atomic mass is 10.1. The zero-order valence-electron chi connectivity index (χ0n) is 6.32. The first-order chi connectivity index (χ1) is 5.77. The monoisotopic (exact) mass is 161 g/mol. The Hall–Kier alpha value is -1.71. The molecule has 1 aromatic heterocycles. The lowest BCUT2D eigenvalue weighted by molar-refractivity contribution is 0.0999. The molecule has 1 aromatic rings. The van der Waals surface area contributed by atoms with Gasteiger partial charge in [0.2, 0.25) is 0 Å². The van der Waals surface area contributed by atoms with Crippen molar-refractivity contribution in [3.63, 3.8) is 0 Å². The fraction of sp³-hybridized carbons (Fsp3) is 0.125. The molecule has 2 rings (SSSR count). The number of rotatable bonds is 0. The van der Waals surface area contributed by atoms with E-state index in [1.165, 1.54) is 0 Å². The van der Waals surface area contributed by atoms with Crippen LogP contribution in [0.25, 0.3) is 0 Å². The molecule has 0 amide bonds. The van der Waals surface area contributed by atoms with Gasteiger partial charge in [0.15, 0.2) is 11.6 Å². The normalized spacial score (nSPS) is 15.3. The second-order valence-corrected chi connectivity index (χ2v) is 2.58. The summed E-state index contributed by atoms with van der Waals surface area (Å²) in [6, 6.07) is 3.42. The highest BCUT2D eigenvalue weighted by Crippen LogP contribution is 2.20. The summed E-state index contributed by atoms with van der Waals surface area (Å²) in [7, 11) is 0. The molecule has 0 bridgehead atoms. The van der Waals surface area contributed by atoms with Crippen LogP contribution in [0.3, 0.4) is 0 Å². The molecule has 1 aliphatic heterocycles. The van der Waals surface area contributed by atoms with Crippen LogP contribution in [0, 0.1) is 0 Å².